The van der Waals surface area contributed by atoms with Gasteiger partial charge in [-0.1, -0.05) is 32.0 Å². The Kier molecular flexibility index (Phi) is 7.31. The second-order valence-electron chi connectivity index (χ2n) is 8.81. The SMILES string of the molecule is CC(C)c1cccc(-c2cc(-c3ccncc3)c(Oc3ccc(S(=O)(=O)Nc4ncns4)cc3C#N)cn2)c1.[HH]. The van der Waals surface area contributed by atoms with Gasteiger partial charge in [-0.05, 0) is 59.5 Å². The van der Waals surface area contributed by atoms with Crippen molar-refractivity contribution in [1.82, 2.24) is 19.3 Å². The molecule has 0 aliphatic heterocycles. The fourth-order valence-electron chi connectivity index (χ4n) is 3.86. The van der Waals surface area contributed by atoms with Crippen molar-refractivity contribution in [3.05, 3.63) is 96.7 Å². The number of nitrogens with zero attached hydrogens (tertiary/aromatic N) is 5. The molecule has 0 radical (unpaired) electrons. The number of anilines is 1. The fraction of sp³-hybridized carbons (Fsp3) is 0.107. The van der Waals surface area contributed by atoms with Crippen LogP contribution in [0.15, 0.2) is 90.5 Å². The summed E-state index contributed by atoms with van der Waals surface area (Å²) in [7, 11) is -3.97. The fourth-order valence-corrected chi connectivity index (χ4v) is 5.55. The Morgan fingerprint density at radius 1 is 1.00 bits per heavy atom. The Morgan fingerprint density at radius 3 is 2.54 bits per heavy atom. The van der Waals surface area contributed by atoms with Crippen LogP contribution in [0.3, 0.4) is 0 Å². The molecule has 0 atom stereocenters. The number of hydrogen-bond acceptors (Lipinski definition) is 9. The van der Waals surface area contributed by atoms with Gasteiger partial charge in [0.2, 0.25) is 5.13 Å². The number of rotatable bonds is 8. The van der Waals surface area contributed by atoms with E-state index in [1.54, 1.807) is 18.6 Å². The number of nitrogens with one attached hydrogen (secondary N) is 1. The molecule has 11 heteroatoms. The molecular weight excluding hydrogens is 532 g/mol. The summed E-state index contributed by atoms with van der Waals surface area (Å²) in [5, 5.41) is 9.93. The summed E-state index contributed by atoms with van der Waals surface area (Å²) in [6, 6.07) is 20.0. The highest BCUT2D eigenvalue weighted by Gasteiger charge is 2.20. The number of benzene rings is 2. The van der Waals surface area contributed by atoms with Crippen LogP contribution in [0.4, 0.5) is 5.13 Å². The maximum Gasteiger partial charge on any atom is 0.263 e. The van der Waals surface area contributed by atoms with Gasteiger partial charge in [-0.2, -0.15) is 9.64 Å². The minimum absolute atomic E-state index is 0. The lowest BCUT2D eigenvalue weighted by atomic mass is 9.98. The van der Waals surface area contributed by atoms with E-state index in [2.05, 4.69) is 50.0 Å². The molecule has 196 valence electrons. The summed E-state index contributed by atoms with van der Waals surface area (Å²) in [5.41, 5.74) is 4.58. The molecule has 2 aromatic carbocycles. The van der Waals surface area contributed by atoms with Crippen molar-refractivity contribution in [2.24, 2.45) is 0 Å². The number of sulfonamides is 1. The van der Waals surface area contributed by atoms with Gasteiger partial charge in [-0.3, -0.25) is 14.7 Å². The number of aromatic nitrogens is 4. The van der Waals surface area contributed by atoms with E-state index in [0.717, 1.165) is 33.9 Å². The van der Waals surface area contributed by atoms with Crippen LogP contribution in [0, 0.1) is 11.3 Å². The maximum absolute atomic E-state index is 12.8. The van der Waals surface area contributed by atoms with E-state index in [-0.39, 0.29) is 22.8 Å². The van der Waals surface area contributed by atoms with Crippen LogP contribution >= 0.6 is 11.5 Å². The number of ether oxygens (including phenoxy) is 1. The van der Waals surface area contributed by atoms with Gasteiger partial charge in [0.25, 0.3) is 10.0 Å². The molecule has 0 spiro atoms. The molecular formula is C28H24N6O3S2. The first-order valence-electron chi connectivity index (χ1n) is 11.9. The van der Waals surface area contributed by atoms with Crippen LogP contribution < -0.4 is 9.46 Å². The van der Waals surface area contributed by atoms with E-state index < -0.39 is 10.0 Å². The summed E-state index contributed by atoms with van der Waals surface area (Å²) in [6.07, 6.45) is 6.23. The normalized spacial score (nSPS) is 11.2. The van der Waals surface area contributed by atoms with Gasteiger partial charge in [-0.25, -0.2) is 13.4 Å². The summed E-state index contributed by atoms with van der Waals surface area (Å²) in [4.78, 5) is 12.5. The Bertz CT molecular complexity index is 1770. The summed E-state index contributed by atoms with van der Waals surface area (Å²) < 4.78 is 37.9. The molecule has 0 bridgehead atoms. The smallest absolute Gasteiger partial charge is 0.263 e. The third-order valence-corrected chi connectivity index (χ3v) is 7.94. The van der Waals surface area contributed by atoms with E-state index >= 15 is 0 Å². The molecule has 39 heavy (non-hydrogen) atoms. The average molecular weight is 557 g/mol. The molecule has 5 rings (SSSR count). The van der Waals surface area contributed by atoms with Crippen LogP contribution in [-0.2, 0) is 10.0 Å². The largest absolute Gasteiger partial charge is 0.454 e. The van der Waals surface area contributed by atoms with Crippen LogP contribution in [0.5, 0.6) is 11.5 Å². The zero-order valence-electron chi connectivity index (χ0n) is 20.9. The molecule has 0 amide bonds. The zero-order valence-corrected chi connectivity index (χ0v) is 22.6. The van der Waals surface area contributed by atoms with Gasteiger partial charge < -0.3 is 4.74 Å². The van der Waals surface area contributed by atoms with Gasteiger partial charge in [-0.15, -0.1) is 0 Å². The second-order valence-corrected chi connectivity index (χ2v) is 11.3. The Labute approximate surface area is 231 Å². The molecule has 0 fully saturated rings. The predicted octanol–water partition coefficient (Wildman–Crippen LogP) is 6.50. The lowest BCUT2D eigenvalue weighted by Crippen LogP contribution is -2.13. The van der Waals surface area contributed by atoms with Gasteiger partial charge in [0, 0.05) is 36.5 Å². The average Bonchev–Trinajstić information content (AvgIpc) is 3.46. The van der Waals surface area contributed by atoms with Crippen molar-refractivity contribution in [3.8, 4) is 40.0 Å². The number of nitriles is 1. The molecule has 9 nitrogen and oxygen atoms in total. The van der Waals surface area contributed by atoms with Crippen LogP contribution in [0.1, 0.15) is 32.3 Å². The van der Waals surface area contributed by atoms with E-state index in [9.17, 15) is 13.7 Å². The van der Waals surface area contributed by atoms with Crippen molar-refractivity contribution in [3.63, 3.8) is 0 Å². The molecule has 5 aromatic rings. The zero-order chi connectivity index (χ0) is 27.4. The molecule has 0 unspecified atom stereocenters. The molecule has 0 aliphatic rings. The summed E-state index contributed by atoms with van der Waals surface area (Å²) in [5.74, 6) is 0.972. The van der Waals surface area contributed by atoms with Gasteiger partial charge in [0.1, 0.15) is 18.1 Å². The molecule has 1 N–H and O–H groups in total. The van der Waals surface area contributed by atoms with Crippen molar-refractivity contribution >= 4 is 26.7 Å². The number of hydrogen-bond donors (Lipinski definition) is 1. The second kappa shape index (κ2) is 11.0. The van der Waals surface area contributed by atoms with Crippen molar-refractivity contribution in [2.75, 3.05) is 4.72 Å². The van der Waals surface area contributed by atoms with Gasteiger partial charge in [0.15, 0.2) is 5.75 Å². The van der Waals surface area contributed by atoms with E-state index in [0.29, 0.717) is 11.7 Å². The highest BCUT2D eigenvalue weighted by Crippen LogP contribution is 2.37. The lowest BCUT2D eigenvalue weighted by molar-refractivity contribution is 0.480. The minimum Gasteiger partial charge on any atom is -0.454 e. The lowest BCUT2D eigenvalue weighted by Gasteiger charge is -2.15. The predicted molar refractivity (Wildman–Crippen MR) is 151 cm³/mol. The third kappa shape index (κ3) is 5.77. The Morgan fingerprint density at radius 2 is 1.82 bits per heavy atom. The van der Waals surface area contributed by atoms with Gasteiger partial charge >= 0.3 is 0 Å². The first kappa shape index (κ1) is 26.0. The van der Waals surface area contributed by atoms with Crippen molar-refractivity contribution < 1.29 is 14.6 Å². The molecule has 3 aromatic heterocycles. The van der Waals surface area contributed by atoms with Crippen LogP contribution in [0.25, 0.3) is 22.4 Å². The van der Waals surface area contributed by atoms with Crippen molar-refractivity contribution in [1.29, 1.82) is 5.26 Å². The molecule has 0 aliphatic carbocycles. The quantitative estimate of drug-likeness (QED) is 0.229. The van der Waals surface area contributed by atoms with Gasteiger partial charge in [0.05, 0.1) is 22.3 Å². The Balaban J connectivity index is 0.00000370. The standard InChI is InChI=1S/C28H22N6O3S2.H2/c1-18(2)20-4-3-5-21(12-20)25-14-24(19-8-10-30-11-9-19)27(16-31-25)37-26-7-6-23(13-22(26)15-29)39(35,36)34-28-32-17-33-38-28;/h3-14,16-18H,1-2H3,(H,32,33,34);1H. The maximum atomic E-state index is 12.8. The van der Waals surface area contributed by atoms with Crippen LogP contribution in [-0.4, -0.2) is 27.7 Å². The van der Waals surface area contributed by atoms with Crippen molar-refractivity contribution in [2.45, 2.75) is 24.7 Å². The summed E-state index contributed by atoms with van der Waals surface area (Å²) >= 11 is 0.908. The van der Waals surface area contributed by atoms with E-state index in [4.69, 9.17) is 4.74 Å². The monoisotopic (exact) mass is 556 g/mol. The topological polar surface area (TPSA) is 131 Å². The third-order valence-electron chi connectivity index (χ3n) is 5.89. The van der Waals surface area contributed by atoms with E-state index in [1.165, 1.54) is 30.1 Å². The highest BCUT2D eigenvalue weighted by molar-refractivity contribution is 7.93. The summed E-state index contributed by atoms with van der Waals surface area (Å²) in [6.45, 7) is 4.28. The highest BCUT2D eigenvalue weighted by atomic mass is 32.2. The Hall–Kier alpha value is -4.66. The molecule has 3 heterocycles. The first-order valence-corrected chi connectivity index (χ1v) is 14.1. The molecule has 0 saturated carbocycles. The van der Waals surface area contributed by atoms with E-state index in [1.807, 2.05) is 36.4 Å². The molecule has 0 saturated heterocycles. The first-order chi connectivity index (χ1) is 18.8. The number of pyridine rings is 2. The van der Waals surface area contributed by atoms with Crippen LogP contribution in [0.2, 0.25) is 0 Å². The minimum atomic E-state index is -3.97.